The van der Waals surface area contributed by atoms with Gasteiger partial charge in [0.25, 0.3) is 0 Å². The number of fused-ring (bicyclic) bond motifs is 1. The monoisotopic (exact) mass is 183 g/mol. The molecule has 2 fully saturated rings. The van der Waals surface area contributed by atoms with Crippen LogP contribution in [0.25, 0.3) is 0 Å². The molecule has 0 unspecified atom stereocenters. The van der Waals surface area contributed by atoms with Crippen LogP contribution in [-0.2, 0) is 4.79 Å². The van der Waals surface area contributed by atoms with Crippen molar-refractivity contribution >= 4 is 5.97 Å². The van der Waals surface area contributed by atoms with E-state index in [1.807, 2.05) is 0 Å². The van der Waals surface area contributed by atoms with Crippen molar-refractivity contribution in [2.75, 3.05) is 13.1 Å². The number of nitrogens with zero attached hydrogens (tertiary/aromatic N) is 1. The molecule has 3 nitrogen and oxygen atoms in total. The van der Waals surface area contributed by atoms with Gasteiger partial charge in [0.05, 0.1) is 6.42 Å². The lowest BCUT2D eigenvalue weighted by Crippen LogP contribution is -2.57. The van der Waals surface area contributed by atoms with E-state index in [1.165, 1.54) is 25.7 Å². The van der Waals surface area contributed by atoms with E-state index in [-0.39, 0.29) is 0 Å². The molecule has 2 atom stereocenters. The van der Waals surface area contributed by atoms with Crippen LogP contribution in [0.15, 0.2) is 0 Å². The normalized spacial score (nSPS) is 33.5. The Labute approximate surface area is 78.7 Å². The zero-order valence-corrected chi connectivity index (χ0v) is 7.91. The van der Waals surface area contributed by atoms with Gasteiger partial charge in [-0.3, -0.25) is 9.69 Å². The minimum atomic E-state index is -0.667. The third-order valence-corrected chi connectivity index (χ3v) is 3.42. The number of rotatable bonds is 3. The third kappa shape index (κ3) is 1.85. The Hall–Kier alpha value is -0.570. The molecule has 1 saturated heterocycles. The van der Waals surface area contributed by atoms with Crippen molar-refractivity contribution in [3.63, 3.8) is 0 Å². The van der Waals surface area contributed by atoms with Gasteiger partial charge in [-0.05, 0) is 18.8 Å². The molecule has 1 saturated carbocycles. The molecule has 0 aromatic rings. The lowest BCUT2D eigenvalue weighted by molar-refractivity contribution is -0.138. The van der Waals surface area contributed by atoms with Gasteiger partial charge in [-0.2, -0.15) is 0 Å². The van der Waals surface area contributed by atoms with E-state index in [4.69, 9.17) is 5.11 Å². The largest absolute Gasteiger partial charge is 0.481 e. The maximum absolute atomic E-state index is 10.4. The maximum atomic E-state index is 10.4. The topological polar surface area (TPSA) is 40.5 Å². The molecule has 13 heavy (non-hydrogen) atoms. The second kappa shape index (κ2) is 3.66. The summed E-state index contributed by atoms with van der Waals surface area (Å²) in [4.78, 5) is 12.7. The fourth-order valence-corrected chi connectivity index (χ4v) is 2.68. The van der Waals surface area contributed by atoms with Crippen LogP contribution in [0.3, 0.4) is 0 Å². The van der Waals surface area contributed by atoms with Gasteiger partial charge in [0.1, 0.15) is 0 Å². The van der Waals surface area contributed by atoms with Crippen molar-refractivity contribution in [2.45, 2.75) is 38.1 Å². The summed E-state index contributed by atoms with van der Waals surface area (Å²) in [5.41, 5.74) is 0. The van der Waals surface area contributed by atoms with Crippen molar-refractivity contribution < 1.29 is 9.90 Å². The summed E-state index contributed by atoms with van der Waals surface area (Å²) < 4.78 is 0. The number of carbonyl (C=O) groups is 1. The van der Waals surface area contributed by atoms with Gasteiger partial charge < -0.3 is 5.11 Å². The van der Waals surface area contributed by atoms with Crippen molar-refractivity contribution in [1.82, 2.24) is 4.90 Å². The van der Waals surface area contributed by atoms with Crippen LogP contribution < -0.4 is 0 Å². The summed E-state index contributed by atoms with van der Waals surface area (Å²) in [7, 11) is 0. The number of aliphatic carboxylic acids is 1. The fraction of sp³-hybridized carbons (Fsp3) is 0.900. The fourth-order valence-electron chi connectivity index (χ4n) is 2.68. The van der Waals surface area contributed by atoms with Gasteiger partial charge >= 0.3 is 5.97 Å². The molecule has 1 N–H and O–H groups in total. The minimum absolute atomic E-state index is 0.309. The average molecular weight is 183 g/mol. The number of hydrogen-bond acceptors (Lipinski definition) is 2. The summed E-state index contributed by atoms with van der Waals surface area (Å²) in [6, 6.07) is 0.730. The average Bonchev–Trinajstić information content (AvgIpc) is 2.06. The first-order valence-electron chi connectivity index (χ1n) is 5.23. The van der Waals surface area contributed by atoms with Gasteiger partial charge in [0.15, 0.2) is 0 Å². The lowest BCUT2D eigenvalue weighted by atomic mass is 9.77. The molecule has 1 aliphatic carbocycles. The Bertz CT molecular complexity index is 205. The first kappa shape index (κ1) is 9.00. The first-order valence-corrected chi connectivity index (χ1v) is 5.23. The van der Waals surface area contributed by atoms with Crippen LogP contribution in [-0.4, -0.2) is 35.1 Å². The molecule has 0 aromatic carbocycles. The van der Waals surface area contributed by atoms with E-state index in [0.29, 0.717) is 6.42 Å². The van der Waals surface area contributed by atoms with Gasteiger partial charge in [-0.15, -0.1) is 0 Å². The van der Waals surface area contributed by atoms with Crippen molar-refractivity contribution in [1.29, 1.82) is 0 Å². The molecule has 0 bridgehead atoms. The first-order chi connectivity index (χ1) is 6.27. The van der Waals surface area contributed by atoms with Crippen molar-refractivity contribution in [2.24, 2.45) is 5.92 Å². The zero-order valence-electron chi connectivity index (χ0n) is 7.91. The summed E-state index contributed by atoms with van der Waals surface area (Å²) in [5.74, 6) is 0.224. The molecule has 0 spiro atoms. The molecule has 3 heteroatoms. The van der Waals surface area contributed by atoms with Crippen LogP contribution in [0, 0.1) is 5.92 Å². The van der Waals surface area contributed by atoms with E-state index in [1.54, 1.807) is 0 Å². The highest BCUT2D eigenvalue weighted by molar-refractivity contribution is 5.66. The highest BCUT2D eigenvalue weighted by atomic mass is 16.4. The Morgan fingerprint density at radius 1 is 1.38 bits per heavy atom. The van der Waals surface area contributed by atoms with Crippen LogP contribution in [0.5, 0.6) is 0 Å². The summed E-state index contributed by atoms with van der Waals surface area (Å²) >= 11 is 0. The van der Waals surface area contributed by atoms with Crippen molar-refractivity contribution in [3.05, 3.63) is 0 Å². The number of carboxylic acid groups (broad SMARTS) is 1. The lowest BCUT2D eigenvalue weighted by Gasteiger charge is -2.51. The number of carboxylic acids is 1. The number of likely N-dealkylation sites (tertiary alicyclic amines) is 1. The van der Waals surface area contributed by atoms with Crippen LogP contribution in [0.4, 0.5) is 0 Å². The molecule has 2 aliphatic rings. The molecular formula is C10H17NO2. The molecule has 0 amide bonds. The van der Waals surface area contributed by atoms with Crippen molar-refractivity contribution in [3.8, 4) is 0 Å². The standard InChI is InChI=1S/C10H17NO2/c12-10(13)5-6-11-7-8-3-1-2-4-9(8)11/h8-9H,1-7H2,(H,12,13)/t8-,9-/m1/s1. The van der Waals surface area contributed by atoms with Gasteiger partial charge in [0.2, 0.25) is 0 Å². The maximum Gasteiger partial charge on any atom is 0.304 e. The second-order valence-corrected chi connectivity index (χ2v) is 4.25. The molecule has 0 radical (unpaired) electrons. The Kier molecular flexibility index (Phi) is 2.54. The quantitative estimate of drug-likeness (QED) is 0.717. The van der Waals surface area contributed by atoms with E-state index >= 15 is 0 Å². The SMILES string of the molecule is O=C(O)CCN1C[C@H]2CCCC[C@H]21. The molecule has 0 aromatic heterocycles. The van der Waals surface area contributed by atoms with Gasteiger partial charge in [-0.25, -0.2) is 0 Å². The highest BCUT2D eigenvalue weighted by Gasteiger charge is 2.39. The van der Waals surface area contributed by atoms with Crippen LogP contribution >= 0.6 is 0 Å². The predicted molar refractivity (Wildman–Crippen MR) is 49.6 cm³/mol. The van der Waals surface area contributed by atoms with Crippen LogP contribution in [0.2, 0.25) is 0 Å². The smallest absolute Gasteiger partial charge is 0.304 e. The van der Waals surface area contributed by atoms with Crippen LogP contribution in [0.1, 0.15) is 32.1 Å². The molecule has 1 heterocycles. The Morgan fingerprint density at radius 3 is 2.85 bits per heavy atom. The molecule has 1 aliphatic heterocycles. The third-order valence-electron chi connectivity index (χ3n) is 3.42. The Morgan fingerprint density at radius 2 is 2.15 bits per heavy atom. The summed E-state index contributed by atoms with van der Waals surface area (Å²) in [6.07, 6.45) is 5.69. The van der Waals surface area contributed by atoms with Gasteiger partial charge in [-0.1, -0.05) is 12.8 Å². The molecule has 2 rings (SSSR count). The Balaban J connectivity index is 1.74. The molecular weight excluding hydrogens is 166 g/mol. The van der Waals surface area contributed by atoms with E-state index in [0.717, 1.165) is 25.0 Å². The summed E-state index contributed by atoms with van der Waals surface area (Å²) in [5, 5.41) is 8.55. The predicted octanol–water partition coefficient (Wildman–Crippen LogP) is 1.34. The number of hydrogen-bond donors (Lipinski definition) is 1. The van der Waals surface area contributed by atoms with E-state index in [2.05, 4.69) is 4.90 Å². The molecule has 74 valence electrons. The van der Waals surface area contributed by atoms with E-state index in [9.17, 15) is 4.79 Å². The second-order valence-electron chi connectivity index (χ2n) is 4.25. The zero-order chi connectivity index (χ0) is 9.26. The van der Waals surface area contributed by atoms with Gasteiger partial charge in [0, 0.05) is 19.1 Å². The van der Waals surface area contributed by atoms with E-state index < -0.39 is 5.97 Å². The summed E-state index contributed by atoms with van der Waals surface area (Å²) in [6.45, 7) is 1.91. The minimum Gasteiger partial charge on any atom is -0.481 e. The highest BCUT2D eigenvalue weighted by Crippen LogP contribution is 2.36.